The van der Waals surface area contributed by atoms with E-state index in [1.807, 2.05) is 24.3 Å². The highest BCUT2D eigenvalue weighted by atomic mass is 79.9. The standard InChI is InChI=1S/C18H18BrNO4/c1-12(24-18(22)14-5-7-15(19)8-6-14)17(21)20-11-13-3-9-16(23-2)10-4-13/h3-10,12H,11H2,1-2H3,(H,20,21)/t12-/m1/s1. The first-order valence-corrected chi connectivity index (χ1v) is 8.16. The van der Waals surface area contributed by atoms with E-state index in [4.69, 9.17) is 9.47 Å². The molecular weight excluding hydrogens is 374 g/mol. The van der Waals surface area contributed by atoms with Gasteiger partial charge >= 0.3 is 5.97 Å². The number of esters is 1. The fourth-order valence-electron chi connectivity index (χ4n) is 1.94. The van der Waals surface area contributed by atoms with Crippen molar-refractivity contribution in [3.63, 3.8) is 0 Å². The average Bonchev–Trinajstić information content (AvgIpc) is 2.60. The summed E-state index contributed by atoms with van der Waals surface area (Å²) in [6, 6.07) is 14.1. The van der Waals surface area contributed by atoms with Crippen LogP contribution in [0, 0.1) is 0 Å². The van der Waals surface area contributed by atoms with Crippen LogP contribution in [0.15, 0.2) is 53.0 Å². The highest BCUT2D eigenvalue weighted by Gasteiger charge is 2.18. The van der Waals surface area contributed by atoms with Gasteiger partial charge in [-0.25, -0.2) is 4.79 Å². The van der Waals surface area contributed by atoms with Crippen LogP contribution in [0.1, 0.15) is 22.8 Å². The fraction of sp³-hybridized carbons (Fsp3) is 0.222. The molecule has 0 heterocycles. The summed E-state index contributed by atoms with van der Waals surface area (Å²) < 4.78 is 11.1. The van der Waals surface area contributed by atoms with Crippen LogP contribution in [-0.2, 0) is 16.1 Å². The molecule has 0 aromatic heterocycles. The van der Waals surface area contributed by atoms with Crippen molar-refractivity contribution in [3.8, 4) is 5.75 Å². The minimum Gasteiger partial charge on any atom is -0.497 e. The van der Waals surface area contributed by atoms with Gasteiger partial charge < -0.3 is 14.8 Å². The molecule has 0 bridgehead atoms. The third-order valence-electron chi connectivity index (χ3n) is 3.36. The van der Waals surface area contributed by atoms with E-state index in [-0.39, 0.29) is 5.91 Å². The number of ether oxygens (including phenoxy) is 2. The molecule has 0 aliphatic heterocycles. The van der Waals surface area contributed by atoms with Crippen LogP contribution in [0.25, 0.3) is 0 Å². The van der Waals surface area contributed by atoms with E-state index in [0.717, 1.165) is 15.8 Å². The van der Waals surface area contributed by atoms with E-state index in [1.165, 1.54) is 0 Å². The molecule has 2 aromatic rings. The van der Waals surface area contributed by atoms with Gasteiger partial charge in [-0.05, 0) is 48.9 Å². The number of rotatable bonds is 6. The van der Waals surface area contributed by atoms with Crippen molar-refractivity contribution >= 4 is 27.8 Å². The Balaban J connectivity index is 1.84. The largest absolute Gasteiger partial charge is 0.497 e. The lowest BCUT2D eigenvalue weighted by Gasteiger charge is -2.13. The van der Waals surface area contributed by atoms with Crippen molar-refractivity contribution in [1.29, 1.82) is 0 Å². The van der Waals surface area contributed by atoms with Crippen molar-refractivity contribution in [2.75, 3.05) is 7.11 Å². The summed E-state index contributed by atoms with van der Waals surface area (Å²) in [5.74, 6) is -0.132. The van der Waals surface area contributed by atoms with Gasteiger partial charge in [0.25, 0.3) is 5.91 Å². The summed E-state index contributed by atoms with van der Waals surface area (Å²) in [5.41, 5.74) is 1.32. The molecule has 0 unspecified atom stereocenters. The zero-order valence-electron chi connectivity index (χ0n) is 13.4. The molecular formula is C18H18BrNO4. The number of hydrogen-bond acceptors (Lipinski definition) is 4. The number of benzene rings is 2. The SMILES string of the molecule is COc1ccc(CNC(=O)[C@@H](C)OC(=O)c2ccc(Br)cc2)cc1. The first-order valence-electron chi connectivity index (χ1n) is 7.37. The summed E-state index contributed by atoms with van der Waals surface area (Å²) in [5, 5.41) is 2.74. The molecule has 0 spiro atoms. The lowest BCUT2D eigenvalue weighted by Crippen LogP contribution is -2.35. The van der Waals surface area contributed by atoms with Gasteiger partial charge in [-0.3, -0.25) is 4.79 Å². The van der Waals surface area contributed by atoms with Crippen molar-refractivity contribution in [3.05, 3.63) is 64.1 Å². The molecule has 1 atom stereocenters. The Morgan fingerprint density at radius 1 is 1.08 bits per heavy atom. The molecule has 5 nitrogen and oxygen atoms in total. The molecule has 126 valence electrons. The number of carbonyl (C=O) groups excluding carboxylic acids is 2. The van der Waals surface area contributed by atoms with E-state index >= 15 is 0 Å². The van der Waals surface area contributed by atoms with Crippen LogP contribution in [0.4, 0.5) is 0 Å². The van der Waals surface area contributed by atoms with E-state index in [0.29, 0.717) is 12.1 Å². The molecule has 0 saturated carbocycles. The Morgan fingerprint density at radius 2 is 1.71 bits per heavy atom. The average molecular weight is 392 g/mol. The fourth-order valence-corrected chi connectivity index (χ4v) is 2.21. The summed E-state index contributed by atoms with van der Waals surface area (Å²) in [6.45, 7) is 1.89. The van der Waals surface area contributed by atoms with E-state index < -0.39 is 12.1 Å². The summed E-state index contributed by atoms with van der Waals surface area (Å²) in [6.07, 6.45) is -0.876. The van der Waals surface area contributed by atoms with E-state index in [2.05, 4.69) is 21.2 Å². The molecule has 1 N–H and O–H groups in total. The molecule has 0 fully saturated rings. The second-order valence-electron chi connectivity index (χ2n) is 5.12. The smallest absolute Gasteiger partial charge is 0.338 e. The summed E-state index contributed by atoms with van der Waals surface area (Å²) >= 11 is 3.30. The van der Waals surface area contributed by atoms with Gasteiger partial charge in [0, 0.05) is 11.0 Å². The van der Waals surface area contributed by atoms with Crippen molar-refractivity contribution in [2.24, 2.45) is 0 Å². The van der Waals surface area contributed by atoms with Crippen molar-refractivity contribution < 1.29 is 19.1 Å². The normalized spacial score (nSPS) is 11.5. The molecule has 0 saturated heterocycles. The maximum atomic E-state index is 12.0. The van der Waals surface area contributed by atoms with Crippen LogP contribution in [0.5, 0.6) is 5.75 Å². The predicted molar refractivity (Wildman–Crippen MR) is 93.9 cm³/mol. The van der Waals surface area contributed by atoms with Crippen LogP contribution in [0.2, 0.25) is 0 Å². The van der Waals surface area contributed by atoms with Crippen LogP contribution in [0.3, 0.4) is 0 Å². The first kappa shape index (κ1) is 18.0. The second kappa shape index (κ2) is 8.49. The lowest BCUT2D eigenvalue weighted by molar-refractivity contribution is -0.129. The van der Waals surface area contributed by atoms with Crippen molar-refractivity contribution in [2.45, 2.75) is 19.6 Å². The van der Waals surface area contributed by atoms with Gasteiger partial charge in [-0.15, -0.1) is 0 Å². The monoisotopic (exact) mass is 391 g/mol. The van der Waals surface area contributed by atoms with E-state index in [1.54, 1.807) is 38.3 Å². The number of methoxy groups -OCH3 is 1. The first-order chi connectivity index (χ1) is 11.5. The number of halogens is 1. The van der Waals surface area contributed by atoms with Crippen LogP contribution < -0.4 is 10.1 Å². The van der Waals surface area contributed by atoms with Gasteiger partial charge in [-0.1, -0.05) is 28.1 Å². The maximum Gasteiger partial charge on any atom is 0.338 e. The Kier molecular flexibility index (Phi) is 6.37. The topological polar surface area (TPSA) is 64.6 Å². The molecule has 6 heteroatoms. The van der Waals surface area contributed by atoms with E-state index in [9.17, 15) is 9.59 Å². The van der Waals surface area contributed by atoms with Gasteiger partial charge in [-0.2, -0.15) is 0 Å². The minimum atomic E-state index is -0.876. The Labute approximate surface area is 149 Å². The van der Waals surface area contributed by atoms with Crippen LogP contribution >= 0.6 is 15.9 Å². The van der Waals surface area contributed by atoms with Crippen molar-refractivity contribution in [1.82, 2.24) is 5.32 Å². The highest BCUT2D eigenvalue weighted by molar-refractivity contribution is 9.10. The Morgan fingerprint density at radius 3 is 2.29 bits per heavy atom. The molecule has 0 radical (unpaired) electrons. The maximum absolute atomic E-state index is 12.0. The highest BCUT2D eigenvalue weighted by Crippen LogP contribution is 2.13. The molecule has 2 rings (SSSR count). The quantitative estimate of drug-likeness (QED) is 0.767. The lowest BCUT2D eigenvalue weighted by atomic mass is 10.2. The Bertz CT molecular complexity index is 698. The number of hydrogen-bond donors (Lipinski definition) is 1. The molecule has 24 heavy (non-hydrogen) atoms. The second-order valence-corrected chi connectivity index (χ2v) is 6.04. The molecule has 0 aliphatic rings. The predicted octanol–water partition coefficient (Wildman–Crippen LogP) is 3.32. The zero-order chi connectivity index (χ0) is 17.5. The third-order valence-corrected chi connectivity index (χ3v) is 3.89. The number of nitrogens with one attached hydrogen (secondary N) is 1. The summed E-state index contributed by atoms with van der Waals surface area (Å²) in [4.78, 5) is 24.0. The minimum absolute atomic E-state index is 0.350. The van der Waals surface area contributed by atoms with Gasteiger partial charge in [0.2, 0.25) is 0 Å². The molecule has 0 aliphatic carbocycles. The number of amides is 1. The zero-order valence-corrected chi connectivity index (χ0v) is 15.0. The summed E-state index contributed by atoms with van der Waals surface area (Å²) in [7, 11) is 1.60. The number of carbonyl (C=O) groups is 2. The van der Waals surface area contributed by atoms with Gasteiger partial charge in [0.1, 0.15) is 5.75 Å². The van der Waals surface area contributed by atoms with Gasteiger partial charge in [0.15, 0.2) is 6.10 Å². The van der Waals surface area contributed by atoms with Crippen LogP contribution in [-0.4, -0.2) is 25.1 Å². The third kappa shape index (κ3) is 5.09. The molecule has 1 amide bonds. The Hall–Kier alpha value is -2.34. The molecule has 2 aromatic carbocycles. The van der Waals surface area contributed by atoms with Gasteiger partial charge in [0.05, 0.1) is 12.7 Å².